The number of carbonyl (C=O) groups excluding carboxylic acids is 1. The molecule has 0 amide bonds. The van der Waals surface area contributed by atoms with E-state index in [9.17, 15) is 4.79 Å². The molecule has 0 saturated carbocycles. The average Bonchev–Trinajstić information content (AvgIpc) is 2.03. The second-order valence-corrected chi connectivity index (χ2v) is 3.32. The first-order valence-corrected chi connectivity index (χ1v) is 4.10. The third kappa shape index (κ3) is 2.27. The van der Waals surface area contributed by atoms with Gasteiger partial charge in [0.25, 0.3) is 0 Å². The molecule has 3 nitrogen and oxygen atoms in total. The van der Waals surface area contributed by atoms with E-state index in [1.54, 1.807) is 0 Å². The van der Waals surface area contributed by atoms with Crippen LogP contribution in [-0.4, -0.2) is 30.1 Å². The van der Waals surface area contributed by atoms with Crippen LogP contribution in [0.2, 0.25) is 0 Å². The summed E-state index contributed by atoms with van der Waals surface area (Å²) in [6.07, 6.45) is 1.83. The van der Waals surface area contributed by atoms with Crippen molar-refractivity contribution in [2.45, 2.75) is 31.9 Å². The molecule has 1 heterocycles. The summed E-state index contributed by atoms with van der Waals surface area (Å²) >= 11 is 0. The maximum absolute atomic E-state index is 10.2. The van der Waals surface area contributed by atoms with Crippen molar-refractivity contribution in [1.82, 2.24) is 5.32 Å². The molecule has 0 aromatic heterocycles. The van der Waals surface area contributed by atoms with Gasteiger partial charge in [-0.05, 0) is 25.3 Å². The van der Waals surface area contributed by atoms with Crippen LogP contribution >= 0.6 is 0 Å². The summed E-state index contributed by atoms with van der Waals surface area (Å²) in [6, 6.07) is -0.0174. The van der Waals surface area contributed by atoms with Crippen LogP contribution in [0.25, 0.3) is 0 Å². The molecule has 0 aliphatic carbocycles. The molecule has 3 heteroatoms. The van der Waals surface area contributed by atoms with Gasteiger partial charge < -0.3 is 15.2 Å². The molecule has 1 rings (SSSR count). The molecule has 1 aliphatic heterocycles. The molecule has 11 heavy (non-hydrogen) atoms. The zero-order valence-corrected chi connectivity index (χ0v) is 6.79. The van der Waals surface area contributed by atoms with E-state index in [0.29, 0.717) is 12.2 Å². The number of aliphatic hydroxyl groups is 1. The van der Waals surface area contributed by atoms with Gasteiger partial charge in [0.15, 0.2) is 0 Å². The Kier molecular flexibility index (Phi) is 3.02. The van der Waals surface area contributed by atoms with E-state index in [1.807, 2.05) is 0 Å². The van der Waals surface area contributed by atoms with Gasteiger partial charge in [-0.25, -0.2) is 0 Å². The average molecular weight is 157 g/mol. The monoisotopic (exact) mass is 157 g/mol. The highest BCUT2D eigenvalue weighted by molar-refractivity contribution is 5.56. The number of aldehydes is 1. The van der Waals surface area contributed by atoms with Crippen LogP contribution in [0.5, 0.6) is 0 Å². The molecule has 1 fully saturated rings. The molecule has 1 saturated heterocycles. The first-order valence-electron chi connectivity index (χ1n) is 4.10. The van der Waals surface area contributed by atoms with Crippen LogP contribution < -0.4 is 5.32 Å². The van der Waals surface area contributed by atoms with Crippen LogP contribution in [-0.2, 0) is 4.79 Å². The topological polar surface area (TPSA) is 49.3 Å². The van der Waals surface area contributed by atoms with Gasteiger partial charge in [-0.3, -0.25) is 0 Å². The second-order valence-electron chi connectivity index (χ2n) is 3.32. The largest absolute Gasteiger partial charge is 0.384 e. The lowest BCUT2D eigenvalue weighted by Gasteiger charge is -2.29. The Bertz CT molecular complexity index is 138. The maximum atomic E-state index is 10.2. The standard InChI is InChI=1S/C8H15NO2/c1-6-2-3-9-7(4-6)8(11)5-10/h5-9,11H,2-4H2,1H3. The summed E-state index contributed by atoms with van der Waals surface area (Å²) in [5.41, 5.74) is 0. The number of hydrogen-bond acceptors (Lipinski definition) is 3. The minimum Gasteiger partial charge on any atom is -0.384 e. The van der Waals surface area contributed by atoms with Crippen LogP contribution in [0.4, 0.5) is 0 Å². The summed E-state index contributed by atoms with van der Waals surface area (Å²) in [5, 5.41) is 12.3. The van der Waals surface area contributed by atoms with Crippen LogP contribution in [0.1, 0.15) is 19.8 Å². The third-order valence-corrected chi connectivity index (χ3v) is 2.25. The van der Waals surface area contributed by atoms with E-state index in [0.717, 1.165) is 19.4 Å². The van der Waals surface area contributed by atoms with E-state index in [2.05, 4.69) is 12.2 Å². The van der Waals surface area contributed by atoms with Crippen LogP contribution in [0, 0.1) is 5.92 Å². The van der Waals surface area contributed by atoms with Gasteiger partial charge in [0.05, 0.1) is 0 Å². The molecule has 3 atom stereocenters. The second kappa shape index (κ2) is 3.83. The normalized spacial score (nSPS) is 34.7. The summed E-state index contributed by atoms with van der Waals surface area (Å²) < 4.78 is 0. The molecule has 0 spiro atoms. The van der Waals surface area contributed by atoms with Gasteiger partial charge in [-0.1, -0.05) is 6.92 Å². The lowest BCUT2D eigenvalue weighted by molar-refractivity contribution is -0.116. The SMILES string of the molecule is CC1CCNC(C(O)C=O)C1. The Hall–Kier alpha value is -0.410. The number of carbonyl (C=O) groups is 1. The number of aliphatic hydroxyl groups excluding tert-OH is 1. The van der Waals surface area contributed by atoms with Crippen molar-refractivity contribution in [3.8, 4) is 0 Å². The van der Waals surface area contributed by atoms with Gasteiger partial charge in [-0.15, -0.1) is 0 Å². The minimum absolute atomic E-state index is 0.0174. The fourth-order valence-electron chi connectivity index (χ4n) is 1.50. The third-order valence-electron chi connectivity index (χ3n) is 2.25. The van der Waals surface area contributed by atoms with Crippen LogP contribution in [0.3, 0.4) is 0 Å². The Labute approximate surface area is 66.8 Å². The molecule has 0 radical (unpaired) electrons. The minimum atomic E-state index is -0.822. The molecule has 64 valence electrons. The van der Waals surface area contributed by atoms with E-state index < -0.39 is 6.10 Å². The quantitative estimate of drug-likeness (QED) is 0.552. The van der Waals surface area contributed by atoms with Crippen molar-refractivity contribution < 1.29 is 9.90 Å². The summed E-state index contributed by atoms with van der Waals surface area (Å²) in [6.45, 7) is 3.06. The van der Waals surface area contributed by atoms with Gasteiger partial charge in [0.1, 0.15) is 12.4 Å². The zero-order chi connectivity index (χ0) is 8.27. The van der Waals surface area contributed by atoms with Gasteiger partial charge in [0, 0.05) is 6.04 Å². The fraction of sp³-hybridized carbons (Fsp3) is 0.875. The van der Waals surface area contributed by atoms with Crippen molar-refractivity contribution in [1.29, 1.82) is 0 Å². The van der Waals surface area contributed by atoms with Gasteiger partial charge >= 0.3 is 0 Å². The van der Waals surface area contributed by atoms with Gasteiger partial charge in [-0.2, -0.15) is 0 Å². The number of piperidine rings is 1. The first-order chi connectivity index (χ1) is 5.24. The number of nitrogens with one attached hydrogen (secondary N) is 1. The van der Waals surface area contributed by atoms with E-state index in [4.69, 9.17) is 5.11 Å². The first kappa shape index (κ1) is 8.68. The lowest BCUT2D eigenvalue weighted by Crippen LogP contribution is -2.45. The Morgan fingerprint density at radius 2 is 2.45 bits per heavy atom. The summed E-state index contributed by atoms with van der Waals surface area (Å²) in [5.74, 6) is 0.621. The van der Waals surface area contributed by atoms with Crippen molar-refractivity contribution in [3.05, 3.63) is 0 Å². The lowest BCUT2D eigenvalue weighted by atomic mass is 9.92. The molecule has 3 unspecified atom stereocenters. The van der Waals surface area contributed by atoms with Crippen molar-refractivity contribution in [2.75, 3.05) is 6.54 Å². The van der Waals surface area contributed by atoms with Crippen LogP contribution in [0.15, 0.2) is 0 Å². The number of rotatable bonds is 2. The summed E-state index contributed by atoms with van der Waals surface area (Å²) in [4.78, 5) is 10.2. The molecule has 2 N–H and O–H groups in total. The Morgan fingerprint density at radius 1 is 1.73 bits per heavy atom. The highest BCUT2D eigenvalue weighted by Crippen LogP contribution is 2.16. The molecule has 0 bridgehead atoms. The molecule has 1 aliphatic rings. The van der Waals surface area contributed by atoms with E-state index in [1.165, 1.54) is 0 Å². The number of hydrogen-bond donors (Lipinski definition) is 2. The molecular weight excluding hydrogens is 142 g/mol. The smallest absolute Gasteiger partial charge is 0.150 e. The predicted octanol–water partition coefficient (Wildman–Crippen LogP) is -0.0657. The van der Waals surface area contributed by atoms with E-state index in [-0.39, 0.29) is 6.04 Å². The molecular formula is C8H15NO2. The zero-order valence-electron chi connectivity index (χ0n) is 6.79. The molecule has 0 aromatic rings. The van der Waals surface area contributed by atoms with Crippen molar-refractivity contribution >= 4 is 6.29 Å². The highest BCUT2D eigenvalue weighted by atomic mass is 16.3. The van der Waals surface area contributed by atoms with Crippen molar-refractivity contribution in [2.24, 2.45) is 5.92 Å². The molecule has 0 aromatic carbocycles. The predicted molar refractivity (Wildman–Crippen MR) is 42.3 cm³/mol. The van der Waals surface area contributed by atoms with Gasteiger partial charge in [0.2, 0.25) is 0 Å². The summed E-state index contributed by atoms with van der Waals surface area (Å²) in [7, 11) is 0. The highest BCUT2D eigenvalue weighted by Gasteiger charge is 2.23. The van der Waals surface area contributed by atoms with Crippen molar-refractivity contribution in [3.63, 3.8) is 0 Å². The Balaban J connectivity index is 2.38. The van der Waals surface area contributed by atoms with E-state index >= 15 is 0 Å². The fourth-order valence-corrected chi connectivity index (χ4v) is 1.50. The Morgan fingerprint density at radius 3 is 3.00 bits per heavy atom. The maximum Gasteiger partial charge on any atom is 0.150 e.